The number of rotatable bonds is 6. The molecule has 0 bridgehead atoms. The second-order valence-corrected chi connectivity index (χ2v) is 9.32. The molecule has 1 amide bonds. The molecule has 9 heteroatoms. The van der Waals surface area contributed by atoms with Crippen LogP contribution in [0.5, 0.6) is 11.5 Å². The lowest BCUT2D eigenvalue weighted by atomic mass is 10.1. The number of para-hydroxylation sites is 2. The summed E-state index contributed by atoms with van der Waals surface area (Å²) in [6, 6.07) is 6.45. The first-order valence-corrected chi connectivity index (χ1v) is 11.2. The highest BCUT2D eigenvalue weighted by Gasteiger charge is 2.37. The van der Waals surface area contributed by atoms with Crippen molar-refractivity contribution in [3.05, 3.63) is 24.3 Å². The molecule has 2 heterocycles. The molecule has 2 aliphatic heterocycles. The largest absolute Gasteiger partial charge is 0.485 e. The van der Waals surface area contributed by atoms with Crippen molar-refractivity contribution in [3.8, 4) is 11.5 Å². The predicted octanol–water partition coefficient (Wildman–Crippen LogP) is 1.18. The van der Waals surface area contributed by atoms with E-state index in [2.05, 4.69) is 0 Å². The van der Waals surface area contributed by atoms with Gasteiger partial charge < -0.3 is 19.1 Å². The van der Waals surface area contributed by atoms with Gasteiger partial charge in [0.15, 0.2) is 27.9 Å². The van der Waals surface area contributed by atoms with E-state index in [0.717, 1.165) is 0 Å². The van der Waals surface area contributed by atoms with Crippen LogP contribution in [-0.2, 0) is 24.2 Å². The minimum atomic E-state index is -3.13. The highest BCUT2D eigenvalue weighted by molar-refractivity contribution is 7.91. The van der Waals surface area contributed by atoms with E-state index < -0.39 is 34.4 Å². The van der Waals surface area contributed by atoms with Crippen LogP contribution in [0, 0.1) is 0 Å². The Hall–Kier alpha value is -2.29. The fraction of sp³-hybridized carbons (Fsp3) is 0.579. The van der Waals surface area contributed by atoms with Crippen molar-refractivity contribution in [1.82, 2.24) is 4.90 Å². The van der Waals surface area contributed by atoms with E-state index in [1.807, 2.05) is 13.8 Å². The van der Waals surface area contributed by atoms with Crippen LogP contribution in [-0.4, -0.2) is 68.1 Å². The molecule has 28 heavy (non-hydrogen) atoms. The number of esters is 1. The number of nitrogens with zero attached hydrogens (tertiary/aromatic N) is 1. The summed E-state index contributed by atoms with van der Waals surface area (Å²) in [5.41, 5.74) is 0. The standard InChI is InChI=1S/C19H25NO7S/c1-3-13(2)20(14-8-9-28(23,24)12-14)18(21)11-26-19(22)17-10-25-15-6-4-5-7-16(15)27-17/h4-7,13-14,17H,3,8-12H2,1-2H3/t13-,14-,17-/m0/s1. The van der Waals surface area contributed by atoms with E-state index in [1.165, 1.54) is 0 Å². The Bertz CT molecular complexity index is 838. The maximum atomic E-state index is 12.7. The molecular weight excluding hydrogens is 386 g/mol. The normalized spacial score (nSPS) is 23.6. The molecule has 1 aromatic rings. The van der Waals surface area contributed by atoms with E-state index in [-0.39, 0.29) is 30.2 Å². The van der Waals surface area contributed by atoms with Crippen molar-refractivity contribution in [2.24, 2.45) is 0 Å². The monoisotopic (exact) mass is 411 g/mol. The number of sulfone groups is 1. The minimum absolute atomic E-state index is 0.0000170. The molecule has 1 aromatic carbocycles. The zero-order chi connectivity index (χ0) is 20.3. The van der Waals surface area contributed by atoms with Crippen molar-refractivity contribution in [2.75, 3.05) is 24.7 Å². The lowest BCUT2D eigenvalue weighted by molar-refractivity contribution is -0.161. The first kappa shape index (κ1) is 20.4. The lowest BCUT2D eigenvalue weighted by Gasteiger charge is -2.33. The van der Waals surface area contributed by atoms with Gasteiger partial charge in [-0.3, -0.25) is 4.79 Å². The maximum absolute atomic E-state index is 12.7. The summed E-state index contributed by atoms with van der Waals surface area (Å²) in [4.78, 5) is 26.6. The molecule has 0 aromatic heterocycles. The molecule has 0 spiro atoms. The number of carbonyl (C=O) groups is 2. The predicted molar refractivity (Wildman–Crippen MR) is 101 cm³/mol. The van der Waals surface area contributed by atoms with Gasteiger partial charge in [-0.2, -0.15) is 0 Å². The average Bonchev–Trinajstić information content (AvgIpc) is 3.04. The molecule has 0 aliphatic carbocycles. The van der Waals surface area contributed by atoms with Crippen LogP contribution in [0.15, 0.2) is 24.3 Å². The second-order valence-electron chi connectivity index (χ2n) is 7.09. The van der Waals surface area contributed by atoms with Gasteiger partial charge in [0, 0.05) is 12.1 Å². The molecule has 8 nitrogen and oxygen atoms in total. The number of hydrogen-bond donors (Lipinski definition) is 0. The Morgan fingerprint density at radius 3 is 2.64 bits per heavy atom. The molecule has 0 N–H and O–H groups in total. The molecule has 2 aliphatic rings. The Morgan fingerprint density at radius 1 is 1.29 bits per heavy atom. The average molecular weight is 411 g/mol. The minimum Gasteiger partial charge on any atom is -0.485 e. The van der Waals surface area contributed by atoms with Gasteiger partial charge in [-0.05, 0) is 31.9 Å². The van der Waals surface area contributed by atoms with E-state index in [0.29, 0.717) is 24.3 Å². The van der Waals surface area contributed by atoms with Crippen molar-refractivity contribution >= 4 is 21.7 Å². The highest BCUT2D eigenvalue weighted by Crippen LogP contribution is 2.31. The fourth-order valence-corrected chi connectivity index (χ4v) is 5.15. The van der Waals surface area contributed by atoms with Crippen molar-refractivity contribution in [2.45, 2.75) is 44.9 Å². The third-order valence-electron chi connectivity index (χ3n) is 5.06. The van der Waals surface area contributed by atoms with E-state index >= 15 is 0 Å². The van der Waals surface area contributed by atoms with Gasteiger partial charge in [0.2, 0.25) is 6.10 Å². The molecule has 0 radical (unpaired) electrons. The molecule has 154 valence electrons. The number of carbonyl (C=O) groups excluding carboxylic acids is 2. The van der Waals surface area contributed by atoms with Crippen LogP contribution < -0.4 is 9.47 Å². The molecule has 0 saturated carbocycles. The molecular formula is C19H25NO7S. The number of ether oxygens (including phenoxy) is 3. The zero-order valence-electron chi connectivity index (χ0n) is 16.0. The van der Waals surface area contributed by atoms with Crippen molar-refractivity contribution in [3.63, 3.8) is 0 Å². The Morgan fingerprint density at radius 2 is 2.00 bits per heavy atom. The molecule has 3 atom stereocenters. The maximum Gasteiger partial charge on any atom is 0.351 e. The van der Waals surface area contributed by atoms with Gasteiger partial charge in [-0.25, -0.2) is 13.2 Å². The van der Waals surface area contributed by atoms with Crippen LogP contribution in [0.1, 0.15) is 26.7 Å². The number of fused-ring (bicyclic) bond motifs is 1. The quantitative estimate of drug-likeness (QED) is 0.648. The SMILES string of the molecule is CC[C@H](C)N(C(=O)COC(=O)[C@@H]1COc2ccccc2O1)[C@H]1CCS(=O)(=O)C1. The molecule has 0 unspecified atom stereocenters. The van der Waals surface area contributed by atoms with Crippen molar-refractivity contribution < 1.29 is 32.2 Å². The first-order valence-electron chi connectivity index (χ1n) is 9.37. The fourth-order valence-electron chi connectivity index (χ4n) is 3.44. The van der Waals surface area contributed by atoms with Gasteiger partial charge in [0.05, 0.1) is 11.5 Å². The van der Waals surface area contributed by atoms with E-state index in [4.69, 9.17) is 14.2 Å². The van der Waals surface area contributed by atoms with Gasteiger partial charge in [0.1, 0.15) is 6.61 Å². The molecule has 3 rings (SSSR count). The van der Waals surface area contributed by atoms with Gasteiger partial charge in [-0.15, -0.1) is 0 Å². The van der Waals surface area contributed by atoms with Gasteiger partial charge in [0.25, 0.3) is 5.91 Å². The second kappa shape index (κ2) is 8.38. The number of benzene rings is 1. The van der Waals surface area contributed by atoms with Gasteiger partial charge in [-0.1, -0.05) is 19.1 Å². The van der Waals surface area contributed by atoms with Gasteiger partial charge >= 0.3 is 5.97 Å². The van der Waals surface area contributed by atoms with Crippen LogP contribution in [0.25, 0.3) is 0 Å². The summed E-state index contributed by atoms with van der Waals surface area (Å²) in [6.07, 6.45) is 0.126. The van der Waals surface area contributed by atoms with Crippen molar-refractivity contribution in [1.29, 1.82) is 0 Å². The number of hydrogen-bond acceptors (Lipinski definition) is 7. The topological polar surface area (TPSA) is 99.2 Å². The first-order chi connectivity index (χ1) is 13.3. The highest BCUT2D eigenvalue weighted by atomic mass is 32.2. The molecule has 1 fully saturated rings. The van der Waals surface area contributed by atoms with E-state index in [9.17, 15) is 18.0 Å². The zero-order valence-corrected chi connectivity index (χ0v) is 16.8. The smallest absolute Gasteiger partial charge is 0.351 e. The summed E-state index contributed by atoms with van der Waals surface area (Å²) >= 11 is 0. The Kier molecular flexibility index (Phi) is 6.12. The summed E-state index contributed by atoms with van der Waals surface area (Å²) < 4.78 is 39.8. The Labute approximate surface area is 164 Å². The van der Waals surface area contributed by atoms with Crippen LogP contribution in [0.4, 0.5) is 0 Å². The van der Waals surface area contributed by atoms with Crippen LogP contribution in [0.3, 0.4) is 0 Å². The number of amides is 1. The summed E-state index contributed by atoms with van der Waals surface area (Å²) in [5.74, 6) is -0.0714. The van der Waals surface area contributed by atoms with Crippen LogP contribution >= 0.6 is 0 Å². The third kappa shape index (κ3) is 4.57. The van der Waals surface area contributed by atoms with Crippen LogP contribution in [0.2, 0.25) is 0 Å². The summed E-state index contributed by atoms with van der Waals surface area (Å²) in [5, 5.41) is 0. The summed E-state index contributed by atoms with van der Waals surface area (Å²) in [6.45, 7) is 3.33. The van der Waals surface area contributed by atoms with E-state index in [1.54, 1.807) is 29.2 Å². The molecule has 1 saturated heterocycles. The third-order valence-corrected chi connectivity index (χ3v) is 6.82. The lowest BCUT2D eigenvalue weighted by Crippen LogP contribution is -2.49. The summed E-state index contributed by atoms with van der Waals surface area (Å²) in [7, 11) is -3.13. The Balaban J connectivity index is 1.59.